The molecule has 1 aromatic carbocycles. The number of rotatable bonds is 12. The normalized spacial score (nSPS) is 12.3. The Bertz CT molecular complexity index is 817. The second-order valence-electron chi connectivity index (χ2n) is 8.25. The van der Waals surface area contributed by atoms with Gasteiger partial charge in [-0.3, -0.25) is 4.79 Å². The van der Waals surface area contributed by atoms with Crippen LogP contribution in [0.2, 0.25) is 0 Å². The molecule has 0 radical (unpaired) electrons. The molecule has 1 N–H and O–H groups in total. The van der Waals surface area contributed by atoms with Gasteiger partial charge < -0.3 is 5.11 Å². The zero-order valence-corrected chi connectivity index (χ0v) is 23.0. The lowest BCUT2D eigenvalue weighted by Crippen LogP contribution is -1.99. The molecule has 0 aliphatic heterocycles. The number of Topliss-reactive ketones (excluding diaryl/α,β-unsaturated/α-hetero) is 1. The predicted octanol–water partition coefficient (Wildman–Crippen LogP) is 9.59. The number of hydrogen-bond donors (Lipinski definition) is 1. The zero-order chi connectivity index (χ0) is 26.4. The molecule has 0 aliphatic carbocycles. The van der Waals surface area contributed by atoms with Crippen LogP contribution in [0.1, 0.15) is 90.2 Å². The molecule has 0 saturated carbocycles. The van der Waals surface area contributed by atoms with Gasteiger partial charge in [-0.2, -0.15) is 5.26 Å². The molecule has 0 aromatic heterocycles. The highest BCUT2D eigenvalue weighted by Crippen LogP contribution is 2.27. The Hall–Kier alpha value is -2.51. The van der Waals surface area contributed by atoms with E-state index in [4.69, 9.17) is 10.4 Å². The van der Waals surface area contributed by atoms with Gasteiger partial charge in [0, 0.05) is 4.91 Å². The summed E-state index contributed by atoms with van der Waals surface area (Å²) in [4.78, 5) is 11.7. The minimum Gasteiger partial charge on any atom is -0.516 e. The van der Waals surface area contributed by atoms with Gasteiger partial charge in [0.25, 0.3) is 0 Å². The quantitative estimate of drug-likeness (QED) is 0.139. The number of aliphatic hydroxyl groups is 1. The third-order valence-electron chi connectivity index (χ3n) is 5.13. The van der Waals surface area contributed by atoms with Gasteiger partial charge >= 0.3 is 0 Å². The second-order valence-corrected chi connectivity index (χ2v) is 9.28. The summed E-state index contributed by atoms with van der Waals surface area (Å²) in [7, 11) is 0. The number of benzene rings is 1. The summed E-state index contributed by atoms with van der Waals surface area (Å²) < 4.78 is 0. The van der Waals surface area contributed by atoms with Crippen molar-refractivity contribution in [3.05, 3.63) is 82.9 Å². The number of nitriles is 1. The molecule has 0 amide bonds. The van der Waals surface area contributed by atoms with E-state index in [1.807, 2.05) is 11.5 Å². The number of aliphatic hydroxyl groups excluding tert-OH is 1. The smallest absolute Gasteiger partial charge is 0.170 e. The summed E-state index contributed by atoms with van der Waals surface area (Å²) in [5.74, 6) is 1.09. The molecule has 0 aliphatic rings. The Morgan fingerprint density at radius 2 is 1.88 bits per heavy atom. The van der Waals surface area contributed by atoms with E-state index in [1.54, 1.807) is 5.56 Å². The van der Waals surface area contributed by atoms with Crippen molar-refractivity contribution in [2.24, 2.45) is 5.92 Å². The summed E-state index contributed by atoms with van der Waals surface area (Å²) in [6.45, 7) is 19.1. The number of aryl methyl sites for hydroxylation is 1. The first-order chi connectivity index (χ1) is 16.2. The maximum atomic E-state index is 11.0. The number of hydrogen-bond acceptors (Lipinski definition) is 4. The van der Waals surface area contributed by atoms with Crippen molar-refractivity contribution in [1.82, 2.24) is 0 Å². The van der Waals surface area contributed by atoms with Crippen LogP contribution in [0.5, 0.6) is 0 Å². The van der Waals surface area contributed by atoms with Crippen molar-refractivity contribution in [3.63, 3.8) is 0 Å². The first kappa shape index (κ1) is 33.7. The topological polar surface area (TPSA) is 61.1 Å². The van der Waals surface area contributed by atoms with Crippen LogP contribution in [-0.4, -0.2) is 10.9 Å². The number of ketones is 1. The molecule has 0 spiro atoms. The monoisotopic (exact) mass is 483 g/mol. The maximum Gasteiger partial charge on any atom is 0.170 e. The third-order valence-corrected chi connectivity index (χ3v) is 5.85. The molecule has 1 rings (SSSR count). The Morgan fingerprint density at radius 1 is 1.24 bits per heavy atom. The van der Waals surface area contributed by atoms with E-state index in [0.717, 1.165) is 18.6 Å². The standard InChI is InChI=1S/C15H24.C13H17NOS.C2H4O/c1-4-6-10-14(8-5-2)15-11-7-9-13(3)12-15;1-5-10(2)6-7-16-11(3)8-13(9-14)12(4)15;1-2-3/h7,9,11-12,14H,4-6,8,10H2,1-3H3;6-8,10H,3,5H2,1-2,4H3;2-3H,1H2/b;7-6-,13-8+;. The molecule has 2 atom stereocenters. The van der Waals surface area contributed by atoms with Gasteiger partial charge in [-0.1, -0.05) is 114 Å². The van der Waals surface area contributed by atoms with Crippen LogP contribution < -0.4 is 0 Å². The molecule has 0 bridgehead atoms. The molecule has 0 saturated heterocycles. The number of allylic oxidation sites excluding steroid dienone is 3. The lowest BCUT2D eigenvalue weighted by molar-refractivity contribution is -0.113. The number of thioether (sulfide) groups is 1. The van der Waals surface area contributed by atoms with Gasteiger partial charge in [-0.05, 0) is 55.6 Å². The van der Waals surface area contributed by atoms with Crippen LogP contribution >= 0.6 is 11.8 Å². The molecule has 34 heavy (non-hydrogen) atoms. The predicted molar refractivity (Wildman–Crippen MR) is 151 cm³/mol. The number of carbonyl (C=O) groups is 1. The Kier molecular flexibility index (Phi) is 22.1. The molecular formula is C30H45NO2S. The van der Waals surface area contributed by atoms with E-state index in [1.165, 1.54) is 62.4 Å². The summed E-state index contributed by atoms with van der Waals surface area (Å²) in [5.41, 5.74) is 3.09. The second kappa shape index (κ2) is 22.3. The first-order valence-electron chi connectivity index (χ1n) is 12.2. The Balaban J connectivity index is 0. The van der Waals surface area contributed by atoms with Gasteiger partial charge in [0.15, 0.2) is 5.78 Å². The Labute approximate surface area is 213 Å². The molecule has 0 fully saturated rings. The van der Waals surface area contributed by atoms with Gasteiger partial charge in [-0.15, -0.1) is 0 Å². The van der Waals surface area contributed by atoms with Gasteiger partial charge in [0.05, 0.1) is 11.8 Å². The van der Waals surface area contributed by atoms with E-state index in [2.05, 4.69) is 78.1 Å². The van der Waals surface area contributed by atoms with E-state index >= 15 is 0 Å². The van der Waals surface area contributed by atoms with Crippen LogP contribution in [0, 0.1) is 24.2 Å². The van der Waals surface area contributed by atoms with Crippen molar-refractivity contribution in [2.75, 3.05) is 0 Å². The fourth-order valence-corrected chi connectivity index (χ4v) is 3.71. The molecule has 3 nitrogen and oxygen atoms in total. The number of nitrogens with zero attached hydrogens (tertiary/aromatic N) is 1. The SMILES string of the molecule is C=C(/C=C(\C#N)C(C)=O)S/C=C\C(C)CC.C=CO.CCCCC(CCC)c1cccc(C)c1. The highest BCUT2D eigenvalue weighted by molar-refractivity contribution is 8.06. The van der Waals surface area contributed by atoms with Crippen molar-refractivity contribution < 1.29 is 9.90 Å². The highest BCUT2D eigenvalue weighted by Gasteiger charge is 2.09. The van der Waals surface area contributed by atoms with Crippen LogP contribution in [0.4, 0.5) is 0 Å². The molecular weight excluding hydrogens is 438 g/mol. The van der Waals surface area contributed by atoms with E-state index in [0.29, 0.717) is 10.8 Å². The fraction of sp³-hybridized carbons (Fsp3) is 0.467. The maximum absolute atomic E-state index is 11.0. The summed E-state index contributed by atoms with van der Waals surface area (Å²) in [6, 6.07) is 10.9. The summed E-state index contributed by atoms with van der Waals surface area (Å²) in [5, 5.41) is 18.0. The van der Waals surface area contributed by atoms with Gasteiger partial charge in [0.1, 0.15) is 6.07 Å². The van der Waals surface area contributed by atoms with Crippen molar-refractivity contribution in [2.45, 2.75) is 86.0 Å². The van der Waals surface area contributed by atoms with E-state index in [9.17, 15) is 4.79 Å². The minimum atomic E-state index is -0.227. The average molecular weight is 484 g/mol. The van der Waals surface area contributed by atoms with Gasteiger partial charge in [-0.25, -0.2) is 0 Å². The lowest BCUT2D eigenvalue weighted by atomic mass is 9.89. The van der Waals surface area contributed by atoms with Crippen molar-refractivity contribution >= 4 is 17.5 Å². The molecule has 1 aromatic rings. The van der Waals surface area contributed by atoms with Crippen LogP contribution in [-0.2, 0) is 4.79 Å². The minimum absolute atomic E-state index is 0.148. The number of carbonyl (C=O) groups excluding carboxylic acids is 1. The molecule has 0 heterocycles. The highest BCUT2D eigenvalue weighted by atomic mass is 32.2. The van der Waals surface area contributed by atoms with Crippen molar-refractivity contribution in [1.29, 1.82) is 5.26 Å². The number of unbranched alkanes of at least 4 members (excludes halogenated alkanes) is 1. The van der Waals surface area contributed by atoms with Crippen LogP contribution in [0.25, 0.3) is 0 Å². The zero-order valence-electron chi connectivity index (χ0n) is 22.1. The first-order valence-corrected chi connectivity index (χ1v) is 13.0. The average Bonchev–Trinajstić information content (AvgIpc) is 2.80. The molecule has 4 heteroatoms. The lowest BCUT2D eigenvalue weighted by Gasteiger charge is -2.16. The summed E-state index contributed by atoms with van der Waals surface area (Å²) in [6.07, 6.45) is 12.1. The van der Waals surface area contributed by atoms with Crippen LogP contribution in [0.15, 0.2) is 71.7 Å². The van der Waals surface area contributed by atoms with E-state index < -0.39 is 0 Å². The third kappa shape index (κ3) is 18.0. The van der Waals surface area contributed by atoms with E-state index in [-0.39, 0.29) is 11.4 Å². The van der Waals surface area contributed by atoms with Gasteiger partial charge in [0.2, 0.25) is 0 Å². The molecule has 2 unspecified atom stereocenters. The largest absolute Gasteiger partial charge is 0.516 e. The molecule has 188 valence electrons. The van der Waals surface area contributed by atoms with Crippen LogP contribution in [0.3, 0.4) is 0 Å². The summed E-state index contributed by atoms with van der Waals surface area (Å²) >= 11 is 1.43. The van der Waals surface area contributed by atoms with Crippen molar-refractivity contribution in [3.8, 4) is 6.07 Å². The Morgan fingerprint density at radius 3 is 2.35 bits per heavy atom. The fourth-order valence-electron chi connectivity index (χ4n) is 3.01.